The molecule has 2 aliphatic rings. The molecule has 2 fully saturated rings. The molecule has 2 rings (SSSR count). The Morgan fingerprint density at radius 3 is 2.27 bits per heavy atom. The summed E-state index contributed by atoms with van der Waals surface area (Å²) in [5.41, 5.74) is 0. The molecule has 0 aromatic carbocycles. The van der Waals surface area contributed by atoms with Gasteiger partial charge in [-0.05, 0) is 19.3 Å². The highest BCUT2D eigenvalue weighted by Crippen LogP contribution is 2.35. The molecule has 1 unspecified atom stereocenters. The summed E-state index contributed by atoms with van der Waals surface area (Å²) in [6, 6.07) is -0.330. The first-order valence-electron chi connectivity index (χ1n) is 8.73. The first-order chi connectivity index (χ1) is 12.5. The zero-order chi connectivity index (χ0) is 19.1. The summed E-state index contributed by atoms with van der Waals surface area (Å²) in [5.74, 6) is 0. The van der Waals surface area contributed by atoms with Crippen LogP contribution in [-0.2, 0) is 14.3 Å². The van der Waals surface area contributed by atoms with E-state index in [0.29, 0.717) is 19.5 Å². The van der Waals surface area contributed by atoms with Crippen LogP contribution in [0.3, 0.4) is 0 Å². The molecule has 7 nitrogen and oxygen atoms in total. The molecule has 144 valence electrons. The third kappa shape index (κ3) is 5.03. The molecule has 8 heteroatoms. The van der Waals surface area contributed by atoms with Crippen molar-refractivity contribution in [1.29, 1.82) is 0 Å². The van der Waals surface area contributed by atoms with E-state index < -0.39 is 12.2 Å². The van der Waals surface area contributed by atoms with Gasteiger partial charge in [-0.2, -0.15) is 0 Å². The molecule has 26 heavy (non-hydrogen) atoms. The second-order valence-corrected chi connectivity index (χ2v) is 7.80. The Labute approximate surface area is 158 Å². The average molecular weight is 382 g/mol. The normalized spacial score (nSPS) is 25.0. The van der Waals surface area contributed by atoms with Crippen LogP contribution in [0.1, 0.15) is 26.2 Å². The number of amides is 2. The van der Waals surface area contributed by atoms with Crippen LogP contribution in [0.2, 0.25) is 0 Å². The van der Waals surface area contributed by atoms with E-state index in [4.69, 9.17) is 9.47 Å². The van der Waals surface area contributed by atoms with E-state index in [0.717, 1.165) is 12.8 Å². The van der Waals surface area contributed by atoms with E-state index in [9.17, 15) is 14.4 Å². The summed E-state index contributed by atoms with van der Waals surface area (Å²) in [4.78, 5) is 39.6. The molecule has 2 aliphatic heterocycles. The molecule has 0 spiro atoms. The number of carbonyl (C=O) groups excluding carboxylic acids is 3. The van der Waals surface area contributed by atoms with Crippen LogP contribution in [0.4, 0.5) is 9.59 Å². The Balaban J connectivity index is 2.13. The maximum atomic E-state index is 12.5. The summed E-state index contributed by atoms with van der Waals surface area (Å²) in [6.45, 7) is 9.92. The number of hydrogen-bond acceptors (Lipinski definition) is 6. The molecule has 2 amide bonds. The summed E-state index contributed by atoms with van der Waals surface area (Å²) >= 11 is 1.24. The first-order valence-corrected chi connectivity index (χ1v) is 9.61. The van der Waals surface area contributed by atoms with E-state index in [-0.39, 0.29) is 35.7 Å². The van der Waals surface area contributed by atoms with Crippen molar-refractivity contribution in [2.45, 2.75) is 43.5 Å². The van der Waals surface area contributed by atoms with Gasteiger partial charge in [-0.25, -0.2) is 9.59 Å². The van der Waals surface area contributed by atoms with Crippen molar-refractivity contribution in [3.8, 4) is 0 Å². The van der Waals surface area contributed by atoms with Crippen molar-refractivity contribution >= 4 is 29.1 Å². The highest BCUT2D eigenvalue weighted by atomic mass is 32.2. The van der Waals surface area contributed by atoms with E-state index in [2.05, 4.69) is 13.2 Å². The quantitative estimate of drug-likeness (QED) is 0.658. The van der Waals surface area contributed by atoms with Gasteiger partial charge in [0.2, 0.25) is 0 Å². The largest absolute Gasteiger partial charge is 0.445 e. The predicted octanol–water partition coefficient (Wildman–Crippen LogP) is 2.82. The van der Waals surface area contributed by atoms with E-state index in [1.807, 2.05) is 0 Å². The van der Waals surface area contributed by atoms with Crippen molar-refractivity contribution in [3.63, 3.8) is 0 Å². The zero-order valence-electron chi connectivity index (χ0n) is 15.1. The maximum absolute atomic E-state index is 12.5. The topological polar surface area (TPSA) is 76.2 Å². The van der Waals surface area contributed by atoms with Crippen molar-refractivity contribution in [3.05, 3.63) is 25.3 Å². The van der Waals surface area contributed by atoms with Gasteiger partial charge >= 0.3 is 12.2 Å². The predicted molar refractivity (Wildman–Crippen MR) is 100.0 cm³/mol. The molecule has 0 aliphatic carbocycles. The van der Waals surface area contributed by atoms with Gasteiger partial charge in [0.25, 0.3) is 0 Å². The summed E-state index contributed by atoms with van der Waals surface area (Å²) in [5, 5.41) is 0.0177. The van der Waals surface area contributed by atoms with Crippen LogP contribution in [0.5, 0.6) is 0 Å². The third-order valence-electron chi connectivity index (χ3n) is 4.50. The Kier molecular flexibility index (Phi) is 7.56. The van der Waals surface area contributed by atoms with Crippen LogP contribution in [0, 0.1) is 0 Å². The Morgan fingerprint density at radius 2 is 1.69 bits per heavy atom. The van der Waals surface area contributed by atoms with Crippen LogP contribution in [-0.4, -0.2) is 70.7 Å². The SMILES string of the molecule is C=CCOC(=O)N1CCCC1[C@@H]1C[C@H](SC(C)=O)CN1C(=O)OCC=C. The molecular formula is C18H26N2O5S. The first kappa shape index (κ1) is 20.4. The lowest BCUT2D eigenvalue weighted by atomic mass is 10.0. The van der Waals surface area contributed by atoms with Gasteiger partial charge in [-0.1, -0.05) is 37.1 Å². The van der Waals surface area contributed by atoms with Crippen LogP contribution in [0.25, 0.3) is 0 Å². The molecule has 0 radical (unpaired) electrons. The minimum Gasteiger partial charge on any atom is -0.445 e. The van der Waals surface area contributed by atoms with Gasteiger partial charge < -0.3 is 19.3 Å². The number of rotatable bonds is 6. The zero-order valence-corrected chi connectivity index (χ0v) is 15.9. The van der Waals surface area contributed by atoms with Gasteiger partial charge in [0.15, 0.2) is 5.12 Å². The summed E-state index contributed by atoms with van der Waals surface area (Å²) < 4.78 is 10.4. The van der Waals surface area contributed by atoms with E-state index >= 15 is 0 Å². The Morgan fingerprint density at radius 1 is 1.08 bits per heavy atom. The maximum Gasteiger partial charge on any atom is 0.410 e. The molecule has 2 saturated heterocycles. The highest BCUT2D eigenvalue weighted by molar-refractivity contribution is 8.14. The van der Waals surface area contributed by atoms with Crippen molar-refractivity contribution in [2.24, 2.45) is 0 Å². The minimum atomic E-state index is -0.437. The van der Waals surface area contributed by atoms with Crippen LogP contribution in [0.15, 0.2) is 25.3 Å². The summed E-state index contributed by atoms with van der Waals surface area (Å²) in [6.07, 6.45) is 4.49. The fourth-order valence-corrected chi connectivity index (χ4v) is 4.56. The van der Waals surface area contributed by atoms with Crippen LogP contribution < -0.4 is 0 Å². The lowest BCUT2D eigenvalue weighted by Gasteiger charge is -2.33. The molecule has 0 bridgehead atoms. The smallest absolute Gasteiger partial charge is 0.410 e. The molecule has 0 aromatic heterocycles. The molecule has 0 N–H and O–H groups in total. The number of carbonyl (C=O) groups is 3. The molecular weight excluding hydrogens is 356 g/mol. The van der Waals surface area contributed by atoms with Gasteiger partial charge in [-0.3, -0.25) is 4.79 Å². The molecule has 3 atom stereocenters. The number of thioether (sulfide) groups is 1. The Hall–Kier alpha value is -1.96. The number of hydrogen-bond donors (Lipinski definition) is 0. The number of likely N-dealkylation sites (tertiary alicyclic amines) is 2. The van der Waals surface area contributed by atoms with Gasteiger partial charge in [0, 0.05) is 25.3 Å². The second kappa shape index (κ2) is 9.66. The van der Waals surface area contributed by atoms with E-state index in [1.165, 1.54) is 30.8 Å². The molecule has 0 saturated carbocycles. The van der Waals surface area contributed by atoms with Gasteiger partial charge in [0.05, 0.1) is 12.1 Å². The lowest BCUT2D eigenvalue weighted by Crippen LogP contribution is -2.50. The standard InChI is InChI=1S/C18H26N2O5S/c1-4-9-24-17(22)19-8-6-7-15(19)16-11-14(26-13(3)21)12-20(16)18(23)25-10-5-2/h4-5,14-16H,1-2,6-12H2,3H3/t14-,15?,16-/m0/s1. The lowest BCUT2D eigenvalue weighted by molar-refractivity contribution is -0.109. The van der Waals surface area contributed by atoms with Gasteiger partial charge in [0.1, 0.15) is 13.2 Å². The molecule has 0 aromatic rings. The number of nitrogens with zero attached hydrogens (tertiary/aromatic N) is 2. The van der Waals surface area contributed by atoms with Gasteiger partial charge in [-0.15, -0.1) is 0 Å². The van der Waals surface area contributed by atoms with Crippen molar-refractivity contribution in [1.82, 2.24) is 9.80 Å². The minimum absolute atomic E-state index is 0.000395. The van der Waals surface area contributed by atoms with E-state index in [1.54, 1.807) is 9.80 Å². The Bertz CT molecular complexity index is 568. The highest BCUT2D eigenvalue weighted by Gasteiger charge is 2.46. The summed E-state index contributed by atoms with van der Waals surface area (Å²) in [7, 11) is 0. The van der Waals surface area contributed by atoms with Crippen molar-refractivity contribution in [2.75, 3.05) is 26.3 Å². The molecule has 2 heterocycles. The fourth-order valence-electron chi connectivity index (χ4n) is 3.57. The second-order valence-electron chi connectivity index (χ2n) is 6.32. The monoisotopic (exact) mass is 382 g/mol. The number of ether oxygens (including phenoxy) is 2. The average Bonchev–Trinajstić information content (AvgIpc) is 3.23. The van der Waals surface area contributed by atoms with Crippen molar-refractivity contribution < 1.29 is 23.9 Å². The fraction of sp³-hybridized carbons (Fsp3) is 0.611. The van der Waals surface area contributed by atoms with Crippen LogP contribution >= 0.6 is 11.8 Å². The third-order valence-corrected chi connectivity index (χ3v) is 5.51.